The lowest BCUT2D eigenvalue weighted by Gasteiger charge is -2.35. The van der Waals surface area contributed by atoms with Gasteiger partial charge in [0.1, 0.15) is 11.2 Å². The zero-order chi connectivity index (χ0) is 21.6. The number of para-hydroxylation sites is 1. The van der Waals surface area contributed by atoms with Crippen molar-refractivity contribution in [3.05, 3.63) is 42.7 Å². The largest absolute Gasteiger partial charge is 0.444 e. The number of ether oxygens (including phenoxy) is 1. The van der Waals surface area contributed by atoms with Crippen LogP contribution in [0.3, 0.4) is 0 Å². The average molecular weight is 436 g/mol. The Balaban J connectivity index is 1.37. The second kappa shape index (κ2) is 7.53. The summed E-state index contributed by atoms with van der Waals surface area (Å²) >= 11 is 1.68. The summed E-state index contributed by atoms with van der Waals surface area (Å²) < 4.78 is 5.50. The third kappa shape index (κ3) is 3.83. The van der Waals surface area contributed by atoms with Gasteiger partial charge in [0.15, 0.2) is 5.13 Å². The normalized spacial score (nSPS) is 15.1. The lowest BCUT2D eigenvalue weighted by atomic mass is 10.1. The van der Waals surface area contributed by atoms with Gasteiger partial charge in [0, 0.05) is 60.4 Å². The van der Waals surface area contributed by atoms with Crippen molar-refractivity contribution >= 4 is 44.5 Å². The summed E-state index contributed by atoms with van der Waals surface area (Å²) in [5.74, 6) is 0. The second-order valence-electron chi connectivity index (χ2n) is 8.71. The number of rotatable bonds is 2. The van der Waals surface area contributed by atoms with Gasteiger partial charge in [-0.25, -0.2) is 14.8 Å². The fourth-order valence-electron chi connectivity index (χ4n) is 3.91. The molecule has 1 N–H and O–H groups in total. The standard InChI is InChI=1S/C23H25N5O2S/c1-23(2,3)30-22(29)28-12-10-27(11-13-28)21-25-14-18(31-21)16-8-9-24-20-19(16)15-6-4-5-7-17(15)26-20/h4-9,14H,10-13H2,1-3H3,(H,24,26). The third-order valence-electron chi connectivity index (χ3n) is 5.36. The molecule has 5 rings (SSSR count). The van der Waals surface area contributed by atoms with Crippen LogP contribution in [0, 0.1) is 0 Å². The molecule has 0 unspecified atom stereocenters. The third-order valence-corrected chi connectivity index (χ3v) is 6.45. The highest BCUT2D eigenvalue weighted by atomic mass is 32.1. The summed E-state index contributed by atoms with van der Waals surface area (Å²) in [5.41, 5.74) is 2.63. The number of hydrogen-bond donors (Lipinski definition) is 1. The maximum absolute atomic E-state index is 12.3. The topological polar surface area (TPSA) is 74.3 Å². The van der Waals surface area contributed by atoms with Crippen molar-refractivity contribution in [2.75, 3.05) is 31.1 Å². The molecule has 160 valence electrons. The maximum atomic E-state index is 12.3. The fourth-order valence-corrected chi connectivity index (χ4v) is 4.91. The number of benzene rings is 1. The van der Waals surface area contributed by atoms with E-state index in [9.17, 15) is 4.79 Å². The number of piperazine rings is 1. The number of fused-ring (bicyclic) bond motifs is 3. The molecule has 1 aromatic carbocycles. The minimum atomic E-state index is -0.475. The molecular weight excluding hydrogens is 410 g/mol. The number of amides is 1. The highest BCUT2D eigenvalue weighted by Gasteiger charge is 2.27. The van der Waals surface area contributed by atoms with Gasteiger partial charge < -0.3 is 19.5 Å². The van der Waals surface area contributed by atoms with Crippen LogP contribution in [0.4, 0.5) is 9.93 Å². The molecule has 31 heavy (non-hydrogen) atoms. The molecule has 3 aromatic heterocycles. The smallest absolute Gasteiger partial charge is 0.410 e. The molecule has 8 heteroatoms. The number of carbonyl (C=O) groups excluding carboxylic acids is 1. The molecule has 0 spiro atoms. The predicted molar refractivity (Wildman–Crippen MR) is 125 cm³/mol. The zero-order valence-corrected chi connectivity index (χ0v) is 18.7. The number of thiazole rings is 1. The molecule has 0 atom stereocenters. The van der Waals surface area contributed by atoms with Gasteiger partial charge in [-0.1, -0.05) is 29.5 Å². The van der Waals surface area contributed by atoms with E-state index in [1.807, 2.05) is 39.2 Å². The minimum Gasteiger partial charge on any atom is -0.444 e. The first-order chi connectivity index (χ1) is 14.9. The molecule has 4 aromatic rings. The van der Waals surface area contributed by atoms with Crippen LogP contribution in [0.5, 0.6) is 0 Å². The van der Waals surface area contributed by atoms with E-state index in [0.29, 0.717) is 13.1 Å². The van der Waals surface area contributed by atoms with Crippen molar-refractivity contribution < 1.29 is 9.53 Å². The van der Waals surface area contributed by atoms with Crippen molar-refractivity contribution in [1.29, 1.82) is 0 Å². The van der Waals surface area contributed by atoms with Crippen LogP contribution in [-0.2, 0) is 4.74 Å². The van der Waals surface area contributed by atoms with E-state index in [4.69, 9.17) is 9.72 Å². The molecule has 1 fully saturated rings. The number of hydrogen-bond acceptors (Lipinski definition) is 6. The maximum Gasteiger partial charge on any atom is 0.410 e. The van der Waals surface area contributed by atoms with Crippen molar-refractivity contribution in [3.8, 4) is 10.4 Å². The molecule has 0 bridgehead atoms. The molecule has 7 nitrogen and oxygen atoms in total. The minimum absolute atomic E-state index is 0.245. The molecule has 1 saturated heterocycles. The van der Waals surface area contributed by atoms with Crippen LogP contribution < -0.4 is 4.90 Å². The first kappa shape index (κ1) is 19.8. The first-order valence-corrected chi connectivity index (χ1v) is 11.3. The van der Waals surface area contributed by atoms with Crippen LogP contribution in [0.25, 0.3) is 32.4 Å². The molecule has 1 aliphatic heterocycles. The Morgan fingerprint density at radius 2 is 1.87 bits per heavy atom. The van der Waals surface area contributed by atoms with Crippen molar-refractivity contribution in [1.82, 2.24) is 19.9 Å². The fraction of sp³-hybridized carbons (Fsp3) is 0.348. The predicted octanol–water partition coefficient (Wildman–Crippen LogP) is 4.90. The van der Waals surface area contributed by atoms with E-state index in [-0.39, 0.29) is 6.09 Å². The summed E-state index contributed by atoms with van der Waals surface area (Å²) in [5, 5.41) is 3.27. The van der Waals surface area contributed by atoms with E-state index in [2.05, 4.69) is 39.1 Å². The van der Waals surface area contributed by atoms with E-state index in [1.165, 1.54) is 5.39 Å². The highest BCUT2D eigenvalue weighted by molar-refractivity contribution is 7.19. The SMILES string of the molecule is CC(C)(C)OC(=O)N1CCN(c2ncc(-c3ccnc4[nH]c5ccccc5c34)s2)CC1. The summed E-state index contributed by atoms with van der Waals surface area (Å²) in [6, 6.07) is 10.3. The lowest BCUT2D eigenvalue weighted by Crippen LogP contribution is -2.50. The molecule has 4 heterocycles. The number of aromatic amines is 1. The second-order valence-corrected chi connectivity index (χ2v) is 9.72. The van der Waals surface area contributed by atoms with Gasteiger partial charge >= 0.3 is 6.09 Å². The number of H-pyrrole nitrogens is 1. The van der Waals surface area contributed by atoms with E-state index in [0.717, 1.165) is 45.2 Å². The Labute approximate surface area is 184 Å². The Kier molecular flexibility index (Phi) is 4.81. The van der Waals surface area contributed by atoms with E-state index < -0.39 is 5.60 Å². The Hall–Kier alpha value is -3.13. The molecule has 0 saturated carbocycles. The molecule has 0 radical (unpaired) electrons. The Bertz CT molecular complexity index is 1250. The molecule has 1 amide bonds. The van der Waals surface area contributed by atoms with Crippen molar-refractivity contribution in [2.24, 2.45) is 0 Å². The number of nitrogens with one attached hydrogen (secondary N) is 1. The van der Waals surface area contributed by atoms with Crippen LogP contribution in [-0.4, -0.2) is 57.7 Å². The lowest BCUT2D eigenvalue weighted by molar-refractivity contribution is 0.0240. The highest BCUT2D eigenvalue weighted by Crippen LogP contribution is 2.38. The number of anilines is 1. The van der Waals surface area contributed by atoms with Gasteiger partial charge in [-0.3, -0.25) is 0 Å². The molecular formula is C23H25N5O2S. The Morgan fingerprint density at radius 3 is 2.65 bits per heavy atom. The van der Waals surface area contributed by atoms with Crippen molar-refractivity contribution in [3.63, 3.8) is 0 Å². The van der Waals surface area contributed by atoms with Crippen LogP contribution in [0.1, 0.15) is 20.8 Å². The summed E-state index contributed by atoms with van der Waals surface area (Å²) in [6.07, 6.45) is 3.54. The van der Waals surface area contributed by atoms with Gasteiger partial charge in [-0.05, 0) is 32.9 Å². The van der Waals surface area contributed by atoms with Gasteiger partial charge in [0.2, 0.25) is 0 Å². The molecule has 0 aliphatic carbocycles. The van der Waals surface area contributed by atoms with Gasteiger partial charge in [-0.2, -0.15) is 0 Å². The Morgan fingerprint density at radius 1 is 1.10 bits per heavy atom. The number of nitrogens with zero attached hydrogens (tertiary/aromatic N) is 4. The van der Waals surface area contributed by atoms with Gasteiger partial charge in [0.25, 0.3) is 0 Å². The van der Waals surface area contributed by atoms with Crippen LogP contribution in [0.15, 0.2) is 42.7 Å². The van der Waals surface area contributed by atoms with Crippen LogP contribution >= 0.6 is 11.3 Å². The summed E-state index contributed by atoms with van der Waals surface area (Å²) in [4.78, 5) is 30.1. The van der Waals surface area contributed by atoms with E-state index >= 15 is 0 Å². The van der Waals surface area contributed by atoms with Gasteiger partial charge in [-0.15, -0.1) is 0 Å². The zero-order valence-electron chi connectivity index (χ0n) is 17.9. The number of pyridine rings is 1. The summed E-state index contributed by atoms with van der Waals surface area (Å²) in [7, 11) is 0. The quantitative estimate of drug-likeness (QED) is 0.485. The van der Waals surface area contributed by atoms with E-state index in [1.54, 1.807) is 16.2 Å². The van der Waals surface area contributed by atoms with Gasteiger partial charge in [0.05, 0.1) is 4.88 Å². The first-order valence-electron chi connectivity index (χ1n) is 10.4. The van der Waals surface area contributed by atoms with Crippen LogP contribution in [0.2, 0.25) is 0 Å². The van der Waals surface area contributed by atoms with Crippen molar-refractivity contribution in [2.45, 2.75) is 26.4 Å². The monoisotopic (exact) mass is 435 g/mol. The number of carbonyl (C=O) groups is 1. The average Bonchev–Trinajstić information content (AvgIpc) is 3.37. The molecule has 1 aliphatic rings. The summed E-state index contributed by atoms with van der Waals surface area (Å²) in [6.45, 7) is 8.42. The number of aromatic nitrogens is 3.